The van der Waals surface area contributed by atoms with Crippen LogP contribution < -0.4 is 11.5 Å². The number of aliphatic imine (C=N–C) groups is 1. The molecule has 0 bridgehead atoms. The summed E-state index contributed by atoms with van der Waals surface area (Å²) in [4.78, 5) is 5.54. The van der Waals surface area contributed by atoms with Crippen LogP contribution in [0.25, 0.3) is 0 Å². The van der Waals surface area contributed by atoms with Crippen molar-refractivity contribution in [1.82, 2.24) is 4.90 Å². The Hall–Kier alpha value is -2.01. The Morgan fingerprint density at radius 1 is 1.39 bits per heavy atom. The summed E-state index contributed by atoms with van der Waals surface area (Å²) >= 11 is 5.78. The molecular formula is C12H16ClN5. The van der Waals surface area contributed by atoms with Crippen LogP contribution in [0.5, 0.6) is 0 Å². The summed E-state index contributed by atoms with van der Waals surface area (Å²) in [5, 5.41) is 8.05. The molecule has 0 aliphatic carbocycles. The molecule has 0 spiro atoms. The van der Waals surface area contributed by atoms with Gasteiger partial charge in [0.15, 0.2) is 11.9 Å². The van der Waals surface area contributed by atoms with E-state index in [4.69, 9.17) is 28.5 Å². The van der Waals surface area contributed by atoms with E-state index in [0.717, 1.165) is 5.56 Å². The number of nitrogens with two attached hydrogens (primary N) is 2. The second-order valence-electron chi connectivity index (χ2n) is 3.59. The Morgan fingerprint density at radius 2 is 2.00 bits per heavy atom. The Kier molecular flexibility index (Phi) is 5.20. The molecule has 0 unspecified atom stereocenters. The van der Waals surface area contributed by atoms with E-state index in [9.17, 15) is 0 Å². The van der Waals surface area contributed by atoms with Gasteiger partial charge in [0.05, 0.1) is 6.54 Å². The lowest BCUT2D eigenvalue weighted by atomic mass is 10.2. The van der Waals surface area contributed by atoms with Crippen LogP contribution in [0, 0.1) is 5.41 Å². The summed E-state index contributed by atoms with van der Waals surface area (Å²) in [7, 11) is 0. The van der Waals surface area contributed by atoms with Gasteiger partial charge in [0, 0.05) is 11.6 Å². The average Bonchev–Trinajstić information content (AvgIpc) is 2.34. The van der Waals surface area contributed by atoms with Gasteiger partial charge in [-0.2, -0.15) is 0 Å². The molecule has 0 radical (unpaired) electrons. The van der Waals surface area contributed by atoms with Crippen LogP contribution in [-0.2, 0) is 6.54 Å². The second kappa shape index (κ2) is 6.66. The van der Waals surface area contributed by atoms with E-state index in [1.807, 2.05) is 12.1 Å². The predicted molar refractivity (Wildman–Crippen MR) is 75.6 cm³/mol. The standard InChI is InChI=1S/C12H16ClN5/c1-2-7-18(11(14)15)12(16)17-8-9-3-5-10(13)6-4-9/h2-6H,1,7-8H2,(H3,14,15)(H2,16,17). The van der Waals surface area contributed by atoms with Crippen molar-refractivity contribution < 1.29 is 0 Å². The first-order valence-electron chi connectivity index (χ1n) is 5.31. The molecule has 0 aliphatic rings. The Balaban J connectivity index is 2.72. The Bertz CT molecular complexity index is 452. The number of nitrogens with zero attached hydrogens (tertiary/aromatic N) is 2. The van der Waals surface area contributed by atoms with Gasteiger partial charge in [0.25, 0.3) is 0 Å². The molecule has 1 rings (SSSR count). The highest BCUT2D eigenvalue weighted by atomic mass is 35.5. The summed E-state index contributed by atoms with van der Waals surface area (Å²) in [5.74, 6) is 0.0320. The van der Waals surface area contributed by atoms with Gasteiger partial charge in [-0.3, -0.25) is 10.3 Å². The van der Waals surface area contributed by atoms with Crippen molar-refractivity contribution >= 4 is 23.5 Å². The van der Waals surface area contributed by atoms with Crippen LogP contribution in [0.4, 0.5) is 0 Å². The maximum atomic E-state index is 7.37. The van der Waals surface area contributed by atoms with Gasteiger partial charge in [-0.1, -0.05) is 29.8 Å². The molecule has 5 nitrogen and oxygen atoms in total. The van der Waals surface area contributed by atoms with Gasteiger partial charge in [-0.05, 0) is 17.7 Å². The number of benzene rings is 1. The van der Waals surface area contributed by atoms with Crippen molar-refractivity contribution in [3.05, 3.63) is 47.5 Å². The van der Waals surface area contributed by atoms with Gasteiger partial charge in [-0.15, -0.1) is 6.58 Å². The van der Waals surface area contributed by atoms with E-state index in [2.05, 4.69) is 11.6 Å². The molecule has 18 heavy (non-hydrogen) atoms. The Morgan fingerprint density at radius 3 is 2.50 bits per heavy atom. The number of halogens is 1. The first-order valence-corrected chi connectivity index (χ1v) is 5.69. The smallest absolute Gasteiger partial charge is 0.198 e. The maximum absolute atomic E-state index is 7.37. The lowest BCUT2D eigenvalue weighted by Crippen LogP contribution is -2.45. The predicted octanol–water partition coefficient (Wildman–Crippen LogP) is 1.54. The average molecular weight is 266 g/mol. The first-order chi connectivity index (χ1) is 8.54. The van der Waals surface area contributed by atoms with Gasteiger partial charge < -0.3 is 11.5 Å². The molecule has 96 valence electrons. The van der Waals surface area contributed by atoms with Crippen molar-refractivity contribution in [2.45, 2.75) is 6.54 Å². The molecule has 0 atom stereocenters. The third kappa shape index (κ3) is 4.10. The van der Waals surface area contributed by atoms with Gasteiger partial charge in [0.2, 0.25) is 0 Å². The quantitative estimate of drug-likeness (QED) is 0.438. The number of hydrogen-bond donors (Lipinski definition) is 3. The molecule has 0 aliphatic heterocycles. The summed E-state index contributed by atoms with van der Waals surface area (Å²) in [6.07, 6.45) is 1.60. The fraction of sp³-hybridized carbons (Fsp3) is 0.167. The largest absolute Gasteiger partial charge is 0.370 e. The molecule has 0 saturated heterocycles. The first kappa shape index (κ1) is 14.1. The van der Waals surface area contributed by atoms with E-state index < -0.39 is 0 Å². The fourth-order valence-electron chi connectivity index (χ4n) is 1.29. The van der Waals surface area contributed by atoms with E-state index in [0.29, 0.717) is 18.1 Å². The highest BCUT2D eigenvalue weighted by Gasteiger charge is 2.08. The molecule has 0 amide bonds. The van der Waals surface area contributed by atoms with Crippen molar-refractivity contribution in [1.29, 1.82) is 5.41 Å². The molecule has 1 aromatic rings. The SMILES string of the molecule is C=CCN(C(=N)N)C(N)=NCc1ccc(Cl)cc1. The molecule has 0 fully saturated rings. The third-order valence-electron chi connectivity index (χ3n) is 2.22. The van der Waals surface area contributed by atoms with Crippen molar-refractivity contribution in [3.8, 4) is 0 Å². The third-order valence-corrected chi connectivity index (χ3v) is 2.47. The summed E-state index contributed by atoms with van der Waals surface area (Å²) in [5.41, 5.74) is 12.1. The van der Waals surface area contributed by atoms with Gasteiger partial charge >= 0.3 is 0 Å². The fourth-order valence-corrected chi connectivity index (χ4v) is 1.42. The lowest BCUT2D eigenvalue weighted by molar-refractivity contribution is 0.652. The summed E-state index contributed by atoms with van der Waals surface area (Å²) in [6, 6.07) is 7.31. The van der Waals surface area contributed by atoms with Crippen LogP contribution in [0.2, 0.25) is 5.02 Å². The summed E-state index contributed by atoms with van der Waals surface area (Å²) in [6.45, 7) is 4.33. The molecule has 0 saturated carbocycles. The number of rotatable bonds is 4. The minimum Gasteiger partial charge on any atom is -0.370 e. The maximum Gasteiger partial charge on any atom is 0.198 e. The molecule has 0 heterocycles. The zero-order valence-corrected chi connectivity index (χ0v) is 10.7. The molecule has 1 aromatic carbocycles. The van der Waals surface area contributed by atoms with E-state index in [-0.39, 0.29) is 11.9 Å². The zero-order chi connectivity index (χ0) is 13.5. The normalized spacial score (nSPS) is 11.1. The molecule has 0 aromatic heterocycles. The topological polar surface area (TPSA) is 91.5 Å². The molecular weight excluding hydrogens is 250 g/mol. The Labute approximate surface area is 111 Å². The highest BCUT2D eigenvalue weighted by Crippen LogP contribution is 2.10. The second-order valence-corrected chi connectivity index (χ2v) is 4.02. The number of guanidine groups is 2. The van der Waals surface area contributed by atoms with Crippen molar-refractivity contribution in [2.75, 3.05) is 6.54 Å². The lowest BCUT2D eigenvalue weighted by Gasteiger charge is -2.19. The molecule has 5 N–H and O–H groups in total. The number of nitrogens with one attached hydrogen (secondary N) is 1. The number of hydrogen-bond acceptors (Lipinski definition) is 2. The van der Waals surface area contributed by atoms with E-state index >= 15 is 0 Å². The van der Waals surface area contributed by atoms with E-state index in [1.54, 1.807) is 18.2 Å². The van der Waals surface area contributed by atoms with Crippen LogP contribution in [0.1, 0.15) is 5.56 Å². The zero-order valence-electron chi connectivity index (χ0n) is 9.94. The van der Waals surface area contributed by atoms with Crippen LogP contribution >= 0.6 is 11.6 Å². The minimum absolute atomic E-state index is 0.160. The van der Waals surface area contributed by atoms with Crippen molar-refractivity contribution in [2.24, 2.45) is 16.5 Å². The van der Waals surface area contributed by atoms with E-state index in [1.165, 1.54) is 4.90 Å². The monoisotopic (exact) mass is 265 g/mol. The minimum atomic E-state index is -0.160. The highest BCUT2D eigenvalue weighted by molar-refractivity contribution is 6.30. The van der Waals surface area contributed by atoms with Gasteiger partial charge in [0.1, 0.15) is 0 Å². The van der Waals surface area contributed by atoms with Gasteiger partial charge in [-0.25, -0.2) is 4.99 Å². The van der Waals surface area contributed by atoms with Crippen molar-refractivity contribution in [3.63, 3.8) is 0 Å². The van der Waals surface area contributed by atoms with Crippen LogP contribution in [-0.4, -0.2) is 23.4 Å². The van der Waals surface area contributed by atoms with Crippen LogP contribution in [0.15, 0.2) is 41.9 Å². The summed E-state index contributed by atoms with van der Waals surface area (Å²) < 4.78 is 0. The molecule has 6 heteroatoms. The van der Waals surface area contributed by atoms with Crippen LogP contribution in [0.3, 0.4) is 0 Å².